The Morgan fingerprint density at radius 1 is 1.03 bits per heavy atom. The lowest BCUT2D eigenvalue weighted by Gasteiger charge is -2.21. The van der Waals surface area contributed by atoms with Gasteiger partial charge in [-0.1, -0.05) is 24.3 Å². The van der Waals surface area contributed by atoms with E-state index < -0.39 is 33.5 Å². The minimum absolute atomic E-state index is 0.0497. The predicted octanol–water partition coefficient (Wildman–Crippen LogP) is 3.26. The summed E-state index contributed by atoms with van der Waals surface area (Å²) < 4.78 is 32.9. The number of nitrogens with one attached hydrogen (secondary N) is 2. The summed E-state index contributed by atoms with van der Waals surface area (Å²) in [5.41, 5.74) is 0.536. The van der Waals surface area contributed by atoms with Crippen LogP contribution in [0.1, 0.15) is 43.6 Å². The van der Waals surface area contributed by atoms with Gasteiger partial charge in [0.25, 0.3) is 5.91 Å². The fraction of sp³-hybridized carbons (Fsp3) is 0.333. The molecule has 0 saturated heterocycles. The van der Waals surface area contributed by atoms with Crippen LogP contribution in [0.4, 0.5) is 5.69 Å². The molecule has 2 aromatic rings. The topological polar surface area (TPSA) is 102 Å². The van der Waals surface area contributed by atoms with Gasteiger partial charge in [-0.2, -0.15) is 0 Å². The summed E-state index contributed by atoms with van der Waals surface area (Å²) in [5.74, 6) is -1.26. The van der Waals surface area contributed by atoms with Crippen molar-refractivity contribution in [3.63, 3.8) is 0 Å². The SMILES string of the molecule is Cc1ccc(S(=O)(=O)NC(C)(C)C)cc1C(=O)OC(C)C(=O)Nc1ccccc1. The van der Waals surface area contributed by atoms with Gasteiger partial charge in [0.1, 0.15) is 0 Å². The number of carbonyl (C=O) groups is 2. The van der Waals surface area contributed by atoms with E-state index in [0.717, 1.165) is 0 Å². The van der Waals surface area contributed by atoms with Crippen molar-refractivity contribution in [2.24, 2.45) is 0 Å². The fourth-order valence-electron chi connectivity index (χ4n) is 2.49. The molecule has 0 aliphatic carbocycles. The summed E-state index contributed by atoms with van der Waals surface area (Å²) in [5, 5.41) is 2.65. The Labute approximate surface area is 171 Å². The highest BCUT2D eigenvalue weighted by Crippen LogP contribution is 2.19. The molecule has 1 unspecified atom stereocenters. The van der Waals surface area contributed by atoms with E-state index in [0.29, 0.717) is 11.3 Å². The molecule has 0 fully saturated rings. The van der Waals surface area contributed by atoms with Crippen LogP contribution < -0.4 is 10.0 Å². The molecular weight excluding hydrogens is 392 g/mol. The normalized spacial score (nSPS) is 12.9. The van der Waals surface area contributed by atoms with E-state index in [-0.39, 0.29) is 10.5 Å². The van der Waals surface area contributed by atoms with Crippen LogP contribution in [-0.4, -0.2) is 31.9 Å². The van der Waals surface area contributed by atoms with E-state index in [1.165, 1.54) is 25.1 Å². The van der Waals surface area contributed by atoms with Crippen LogP contribution in [0.15, 0.2) is 53.4 Å². The lowest BCUT2D eigenvalue weighted by molar-refractivity contribution is -0.123. The molecule has 0 aromatic heterocycles. The summed E-state index contributed by atoms with van der Waals surface area (Å²) in [7, 11) is -3.81. The van der Waals surface area contributed by atoms with Crippen molar-refractivity contribution in [1.82, 2.24) is 4.72 Å². The van der Waals surface area contributed by atoms with E-state index in [1.807, 2.05) is 6.07 Å². The molecule has 7 nitrogen and oxygen atoms in total. The lowest BCUT2D eigenvalue weighted by atomic mass is 10.1. The maximum Gasteiger partial charge on any atom is 0.339 e. The Kier molecular flexibility index (Phi) is 6.81. The van der Waals surface area contributed by atoms with Gasteiger partial charge >= 0.3 is 5.97 Å². The van der Waals surface area contributed by atoms with Gasteiger partial charge in [0.15, 0.2) is 6.10 Å². The van der Waals surface area contributed by atoms with E-state index in [9.17, 15) is 18.0 Å². The van der Waals surface area contributed by atoms with Gasteiger partial charge in [-0.15, -0.1) is 0 Å². The third-order valence-electron chi connectivity index (χ3n) is 3.87. The molecule has 0 bridgehead atoms. The largest absolute Gasteiger partial charge is 0.449 e. The van der Waals surface area contributed by atoms with Crippen LogP contribution in [0.5, 0.6) is 0 Å². The van der Waals surface area contributed by atoms with Crippen molar-refractivity contribution in [3.8, 4) is 0 Å². The molecule has 2 N–H and O–H groups in total. The summed E-state index contributed by atoms with van der Waals surface area (Å²) in [4.78, 5) is 24.8. The van der Waals surface area contributed by atoms with Crippen LogP contribution in [0.3, 0.4) is 0 Å². The van der Waals surface area contributed by atoms with Crippen LogP contribution in [0.25, 0.3) is 0 Å². The second-order valence-electron chi connectivity index (χ2n) is 7.74. The lowest BCUT2D eigenvalue weighted by Crippen LogP contribution is -2.40. The van der Waals surface area contributed by atoms with Crippen molar-refractivity contribution in [2.75, 3.05) is 5.32 Å². The van der Waals surface area contributed by atoms with Gasteiger partial charge in [-0.05, 0) is 64.4 Å². The van der Waals surface area contributed by atoms with Crippen molar-refractivity contribution in [1.29, 1.82) is 0 Å². The van der Waals surface area contributed by atoms with E-state index in [4.69, 9.17) is 4.74 Å². The highest BCUT2D eigenvalue weighted by molar-refractivity contribution is 7.89. The number of sulfonamides is 1. The number of hydrogen-bond donors (Lipinski definition) is 2. The average Bonchev–Trinajstić information content (AvgIpc) is 2.60. The first kappa shape index (κ1) is 22.6. The standard InChI is InChI=1S/C21H26N2O5S/c1-14-11-12-17(29(26,27)23-21(3,4)5)13-18(14)20(25)28-15(2)19(24)22-16-9-7-6-8-10-16/h6-13,15,23H,1-5H3,(H,22,24). The number of carbonyl (C=O) groups excluding carboxylic acids is 2. The van der Waals surface area contributed by atoms with Crippen LogP contribution in [-0.2, 0) is 19.6 Å². The molecule has 1 atom stereocenters. The van der Waals surface area contributed by atoms with Crippen molar-refractivity contribution < 1.29 is 22.7 Å². The highest BCUT2D eigenvalue weighted by Gasteiger charge is 2.25. The van der Waals surface area contributed by atoms with Crippen molar-refractivity contribution in [2.45, 2.75) is 51.2 Å². The second-order valence-corrected chi connectivity index (χ2v) is 9.42. The minimum Gasteiger partial charge on any atom is -0.449 e. The Bertz CT molecular complexity index is 995. The first-order valence-electron chi connectivity index (χ1n) is 9.10. The van der Waals surface area contributed by atoms with Crippen molar-refractivity contribution in [3.05, 3.63) is 59.7 Å². The highest BCUT2D eigenvalue weighted by atomic mass is 32.2. The number of rotatable bonds is 6. The van der Waals surface area contributed by atoms with Crippen LogP contribution in [0.2, 0.25) is 0 Å². The Balaban J connectivity index is 2.17. The molecule has 0 aliphatic heterocycles. The third kappa shape index (κ3) is 6.40. The third-order valence-corrected chi connectivity index (χ3v) is 5.63. The number of benzene rings is 2. The van der Waals surface area contributed by atoms with Gasteiger partial charge in [0.05, 0.1) is 10.5 Å². The molecule has 1 amide bonds. The molecule has 156 valence electrons. The number of amides is 1. The summed E-state index contributed by atoms with van der Waals surface area (Å²) in [6, 6.07) is 13.0. The van der Waals surface area contributed by atoms with E-state index in [2.05, 4.69) is 10.0 Å². The first-order chi connectivity index (χ1) is 13.4. The Hall–Kier alpha value is -2.71. The van der Waals surface area contributed by atoms with Gasteiger partial charge in [-0.25, -0.2) is 17.9 Å². The number of aryl methyl sites for hydroxylation is 1. The first-order valence-corrected chi connectivity index (χ1v) is 10.6. The molecule has 29 heavy (non-hydrogen) atoms. The number of hydrogen-bond acceptors (Lipinski definition) is 5. The van der Waals surface area contributed by atoms with E-state index in [1.54, 1.807) is 52.0 Å². The molecule has 0 aliphatic rings. The number of esters is 1. The summed E-state index contributed by atoms with van der Waals surface area (Å²) in [6.07, 6.45) is -1.06. The molecular formula is C21H26N2O5S. The molecule has 2 rings (SSSR count). The molecule has 0 radical (unpaired) electrons. The maximum absolute atomic E-state index is 12.6. The van der Waals surface area contributed by atoms with Gasteiger partial charge in [-0.3, -0.25) is 4.79 Å². The summed E-state index contributed by atoms with van der Waals surface area (Å²) in [6.45, 7) is 8.29. The van der Waals surface area contributed by atoms with Gasteiger partial charge < -0.3 is 10.1 Å². The maximum atomic E-state index is 12.6. The molecule has 0 heterocycles. The van der Waals surface area contributed by atoms with Crippen LogP contribution >= 0.6 is 0 Å². The monoisotopic (exact) mass is 418 g/mol. The summed E-state index contributed by atoms with van der Waals surface area (Å²) >= 11 is 0. The average molecular weight is 419 g/mol. The Morgan fingerprint density at radius 2 is 1.66 bits per heavy atom. The van der Waals surface area contributed by atoms with E-state index >= 15 is 0 Å². The zero-order valence-electron chi connectivity index (χ0n) is 17.1. The molecule has 8 heteroatoms. The van der Waals surface area contributed by atoms with Crippen molar-refractivity contribution >= 4 is 27.6 Å². The molecule has 0 spiro atoms. The number of anilines is 1. The number of ether oxygens (including phenoxy) is 1. The zero-order valence-corrected chi connectivity index (χ0v) is 18.0. The smallest absolute Gasteiger partial charge is 0.339 e. The molecule has 2 aromatic carbocycles. The fourth-order valence-corrected chi connectivity index (χ4v) is 3.94. The Morgan fingerprint density at radius 3 is 2.24 bits per heavy atom. The molecule has 0 saturated carbocycles. The minimum atomic E-state index is -3.81. The quantitative estimate of drug-likeness (QED) is 0.701. The zero-order chi connectivity index (χ0) is 21.8. The van der Waals surface area contributed by atoms with Crippen LogP contribution in [0, 0.1) is 6.92 Å². The predicted molar refractivity (Wildman–Crippen MR) is 111 cm³/mol. The second kappa shape index (κ2) is 8.75. The number of para-hydroxylation sites is 1. The van der Waals surface area contributed by atoms with Gasteiger partial charge in [0.2, 0.25) is 10.0 Å². The van der Waals surface area contributed by atoms with Gasteiger partial charge in [0, 0.05) is 11.2 Å².